The van der Waals surface area contributed by atoms with Crippen molar-refractivity contribution in [3.8, 4) is 0 Å². The molecule has 1 unspecified atom stereocenters. The molecule has 0 saturated carbocycles. The summed E-state index contributed by atoms with van der Waals surface area (Å²) in [5, 5.41) is 3.58. The van der Waals surface area contributed by atoms with Gasteiger partial charge in [0.1, 0.15) is 0 Å². The normalized spacial score (nSPS) is 17.5. The van der Waals surface area contributed by atoms with Crippen LogP contribution in [0.25, 0.3) is 0 Å². The van der Waals surface area contributed by atoms with Crippen LogP contribution < -0.4 is 5.32 Å². The first-order chi connectivity index (χ1) is 11.9. The van der Waals surface area contributed by atoms with Gasteiger partial charge in [-0.2, -0.15) is 13.2 Å². The summed E-state index contributed by atoms with van der Waals surface area (Å²) in [5.41, 5.74) is 1.44. The number of alkyl halides is 3. The van der Waals surface area contributed by atoms with Gasteiger partial charge in [0.2, 0.25) is 0 Å². The molecule has 0 bridgehead atoms. The van der Waals surface area contributed by atoms with Crippen molar-refractivity contribution in [1.82, 2.24) is 15.2 Å². The Kier molecular flexibility index (Phi) is 5.32. The molecule has 1 aromatic carbocycles. The molecule has 1 saturated heterocycles. The van der Waals surface area contributed by atoms with Crippen molar-refractivity contribution in [1.29, 1.82) is 0 Å². The molecule has 3 rings (SSSR count). The van der Waals surface area contributed by atoms with Crippen molar-refractivity contribution in [3.63, 3.8) is 0 Å². The Labute approximate surface area is 149 Å². The first-order valence-electron chi connectivity index (χ1n) is 8.10. The van der Waals surface area contributed by atoms with Crippen LogP contribution in [0, 0.1) is 6.92 Å². The van der Waals surface area contributed by atoms with E-state index < -0.39 is 17.8 Å². The molecule has 2 aromatic rings. The number of halogens is 4. The van der Waals surface area contributed by atoms with Crippen LogP contribution in [0.5, 0.6) is 0 Å². The Morgan fingerprint density at radius 1 is 1.16 bits per heavy atom. The third-order valence-electron chi connectivity index (χ3n) is 4.35. The lowest BCUT2D eigenvalue weighted by Crippen LogP contribution is -2.45. The number of nitrogens with one attached hydrogen (secondary N) is 1. The summed E-state index contributed by atoms with van der Waals surface area (Å²) in [6.07, 6.45) is -2.68. The molecule has 134 valence electrons. The minimum absolute atomic E-state index is 0.318. The van der Waals surface area contributed by atoms with Gasteiger partial charge in [-0.15, -0.1) is 0 Å². The number of hydrogen-bond donors (Lipinski definition) is 1. The summed E-state index contributed by atoms with van der Waals surface area (Å²) >= 11 is 6.30. The molecule has 1 N–H and O–H groups in total. The highest BCUT2D eigenvalue weighted by Crippen LogP contribution is 2.37. The van der Waals surface area contributed by atoms with Crippen LogP contribution in [-0.4, -0.2) is 36.1 Å². The van der Waals surface area contributed by atoms with Gasteiger partial charge in [0.05, 0.1) is 17.3 Å². The molecule has 1 aliphatic heterocycles. The average Bonchev–Trinajstić information content (AvgIpc) is 2.58. The van der Waals surface area contributed by atoms with Gasteiger partial charge in [-0.3, -0.25) is 9.88 Å². The number of aromatic nitrogens is 1. The Bertz CT molecular complexity index is 725. The van der Waals surface area contributed by atoms with Gasteiger partial charge < -0.3 is 5.32 Å². The molecule has 1 atom stereocenters. The fraction of sp³-hybridized carbons (Fsp3) is 0.389. The van der Waals surface area contributed by atoms with Crippen molar-refractivity contribution < 1.29 is 13.2 Å². The summed E-state index contributed by atoms with van der Waals surface area (Å²) in [6.45, 7) is 4.91. The second-order valence-corrected chi connectivity index (χ2v) is 6.59. The van der Waals surface area contributed by atoms with Crippen LogP contribution in [0.4, 0.5) is 13.2 Å². The van der Waals surface area contributed by atoms with E-state index in [9.17, 15) is 13.2 Å². The van der Waals surface area contributed by atoms with Crippen molar-refractivity contribution in [2.24, 2.45) is 0 Å². The molecular weight excluding hydrogens is 351 g/mol. The van der Waals surface area contributed by atoms with E-state index in [0.717, 1.165) is 30.8 Å². The van der Waals surface area contributed by atoms with Crippen LogP contribution in [0.3, 0.4) is 0 Å². The van der Waals surface area contributed by atoms with Gasteiger partial charge in [-0.1, -0.05) is 17.7 Å². The average molecular weight is 370 g/mol. The lowest BCUT2D eigenvalue weighted by atomic mass is 9.98. The molecule has 0 amide bonds. The van der Waals surface area contributed by atoms with Gasteiger partial charge >= 0.3 is 6.18 Å². The topological polar surface area (TPSA) is 28.2 Å². The maximum absolute atomic E-state index is 13.2. The number of hydrogen-bond acceptors (Lipinski definition) is 3. The second-order valence-electron chi connectivity index (χ2n) is 6.18. The van der Waals surface area contributed by atoms with E-state index in [1.54, 1.807) is 6.20 Å². The predicted octanol–water partition coefficient (Wildman–Crippen LogP) is 4.06. The van der Waals surface area contributed by atoms with Crippen molar-refractivity contribution in [3.05, 3.63) is 63.9 Å². The van der Waals surface area contributed by atoms with Gasteiger partial charge in [-0.25, -0.2) is 0 Å². The summed E-state index contributed by atoms with van der Waals surface area (Å²) < 4.78 is 39.5. The third kappa shape index (κ3) is 4.14. The fourth-order valence-electron chi connectivity index (χ4n) is 3.05. The zero-order chi connectivity index (χ0) is 18.0. The lowest BCUT2D eigenvalue weighted by molar-refractivity contribution is -0.137. The number of pyridine rings is 1. The van der Waals surface area contributed by atoms with Crippen LogP contribution in [0.1, 0.15) is 28.4 Å². The van der Waals surface area contributed by atoms with E-state index in [1.807, 2.05) is 19.1 Å². The molecule has 1 fully saturated rings. The zero-order valence-electron chi connectivity index (χ0n) is 13.8. The lowest BCUT2D eigenvalue weighted by Gasteiger charge is -2.35. The number of piperazine rings is 1. The van der Waals surface area contributed by atoms with E-state index in [2.05, 4.69) is 15.2 Å². The first kappa shape index (κ1) is 18.2. The van der Waals surface area contributed by atoms with Crippen LogP contribution >= 0.6 is 11.6 Å². The Morgan fingerprint density at radius 2 is 1.88 bits per heavy atom. The summed E-state index contributed by atoms with van der Waals surface area (Å²) in [4.78, 5) is 6.58. The number of nitrogens with zero attached hydrogens (tertiary/aromatic N) is 2. The Hall–Kier alpha value is -1.63. The molecule has 3 nitrogen and oxygen atoms in total. The van der Waals surface area contributed by atoms with Gasteiger partial charge in [0.15, 0.2) is 0 Å². The van der Waals surface area contributed by atoms with Crippen LogP contribution in [0.2, 0.25) is 5.02 Å². The third-order valence-corrected chi connectivity index (χ3v) is 4.69. The molecule has 0 aliphatic carbocycles. The van der Waals surface area contributed by atoms with Crippen molar-refractivity contribution >= 4 is 11.6 Å². The number of benzene rings is 1. The summed E-state index contributed by atoms with van der Waals surface area (Å²) in [6, 6.07) is 6.86. The molecule has 1 aromatic heterocycles. The van der Waals surface area contributed by atoms with Crippen molar-refractivity contribution in [2.75, 3.05) is 26.2 Å². The highest BCUT2D eigenvalue weighted by molar-refractivity contribution is 6.31. The number of aryl methyl sites for hydroxylation is 1. The maximum Gasteiger partial charge on any atom is 0.416 e. The van der Waals surface area contributed by atoms with Crippen molar-refractivity contribution in [2.45, 2.75) is 19.1 Å². The molecule has 2 heterocycles. The largest absolute Gasteiger partial charge is 0.416 e. The predicted molar refractivity (Wildman–Crippen MR) is 91.7 cm³/mol. The highest BCUT2D eigenvalue weighted by atomic mass is 35.5. The number of rotatable bonds is 3. The van der Waals surface area contributed by atoms with Gasteiger partial charge in [0.25, 0.3) is 0 Å². The monoisotopic (exact) mass is 369 g/mol. The molecule has 1 aliphatic rings. The van der Waals surface area contributed by atoms with E-state index >= 15 is 0 Å². The maximum atomic E-state index is 13.2. The Balaban J connectivity index is 2.09. The summed E-state index contributed by atoms with van der Waals surface area (Å²) in [5.74, 6) is 0. The first-order valence-corrected chi connectivity index (χ1v) is 8.48. The molecule has 25 heavy (non-hydrogen) atoms. The van der Waals surface area contributed by atoms with E-state index in [-0.39, 0.29) is 0 Å². The van der Waals surface area contributed by atoms with Gasteiger partial charge in [0, 0.05) is 37.4 Å². The molecule has 0 spiro atoms. The second kappa shape index (κ2) is 7.32. The molecular formula is C18H19ClF3N3. The Morgan fingerprint density at radius 3 is 2.48 bits per heavy atom. The van der Waals surface area contributed by atoms with Crippen LogP contribution in [0.15, 0.2) is 36.5 Å². The van der Waals surface area contributed by atoms with E-state index in [0.29, 0.717) is 29.4 Å². The quantitative estimate of drug-likeness (QED) is 0.884. The highest BCUT2D eigenvalue weighted by Gasteiger charge is 2.33. The van der Waals surface area contributed by atoms with Crippen LogP contribution in [-0.2, 0) is 6.18 Å². The summed E-state index contributed by atoms with van der Waals surface area (Å²) in [7, 11) is 0. The fourth-order valence-corrected chi connectivity index (χ4v) is 3.27. The standard InChI is InChI=1S/C18H19ClF3N3/c1-12-2-5-16(24-11-12)17(25-8-6-23-7-9-25)14-10-13(18(20,21)22)3-4-15(14)19/h2-5,10-11,17,23H,6-9H2,1H3. The van der Waals surface area contributed by atoms with Gasteiger partial charge in [-0.05, 0) is 42.3 Å². The molecule has 7 heteroatoms. The van der Waals surface area contributed by atoms with E-state index in [1.165, 1.54) is 6.07 Å². The smallest absolute Gasteiger partial charge is 0.314 e. The molecule has 0 radical (unpaired) electrons. The van der Waals surface area contributed by atoms with E-state index in [4.69, 9.17) is 11.6 Å². The minimum atomic E-state index is -4.41. The SMILES string of the molecule is Cc1ccc(C(c2cc(C(F)(F)F)ccc2Cl)N2CCNCC2)nc1. The minimum Gasteiger partial charge on any atom is -0.314 e. The zero-order valence-corrected chi connectivity index (χ0v) is 14.5.